The largest absolute Gasteiger partial charge is 0.262 e. The fraction of sp³-hybridized carbons (Fsp3) is 0.857. The van der Waals surface area contributed by atoms with E-state index in [1.807, 2.05) is 20.8 Å². The molecule has 0 rings (SSSR count). The second-order valence-corrected chi connectivity index (χ2v) is 2.45. The van der Waals surface area contributed by atoms with Crippen molar-refractivity contribution in [3.05, 3.63) is 0 Å². The summed E-state index contributed by atoms with van der Waals surface area (Å²) in [7, 11) is 0. The molecule has 0 saturated carbocycles. The van der Waals surface area contributed by atoms with Gasteiger partial charge in [-0.1, -0.05) is 13.8 Å². The van der Waals surface area contributed by atoms with Gasteiger partial charge in [-0.3, -0.25) is 4.99 Å². The van der Waals surface area contributed by atoms with Gasteiger partial charge < -0.3 is 0 Å². The minimum Gasteiger partial charge on any atom is -0.262 e. The molecule has 0 spiro atoms. The molecular weight excluding hydrogens is 117 g/mol. The Labute approximate surface area is 56.0 Å². The minimum atomic E-state index is -0.215. The van der Waals surface area contributed by atoms with Crippen molar-refractivity contribution in [3.8, 4) is 0 Å². The van der Waals surface area contributed by atoms with Crippen LogP contribution in [0.5, 0.6) is 0 Å². The van der Waals surface area contributed by atoms with Crippen LogP contribution in [-0.4, -0.2) is 12.5 Å². The molecule has 54 valence electrons. The van der Waals surface area contributed by atoms with Crippen LogP contribution in [0.3, 0.4) is 0 Å². The quantitative estimate of drug-likeness (QED) is 0.521. The zero-order chi connectivity index (χ0) is 7.28. The molecule has 2 heteroatoms. The SMILES string of the molecule is CCN=C(F)CC(C)C. The molecule has 0 aromatic rings. The van der Waals surface area contributed by atoms with Crippen molar-refractivity contribution in [3.63, 3.8) is 0 Å². The summed E-state index contributed by atoms with van der Waals surface area (Å²) in [6.45, 7) is 6.34. The summed E-state index contributed by atoms with van der Waals surface area (Å²) in [5.74, 6) is 0.160. The van der Waals surface area contributed by atoms with Crippen molar-refractivity contribution in [2.45, 2.75) is 27.2 Å². The predicted octanol–water partition coefficient (Wildman–Crippen LogP) is 2.42. The van der Waals surface area contributed by atoms with Gasteiger partial charge in [0.15, 0.2) is 5.97 Å². The second kappa shape index (κ2) is 4.48. The van der Waals surface area contributed by atoms with Crippen LogP contribution in [0.2, 0.25) is 0 Å². The third-order valence-electron chi connectivity index (χ3n) is 0.906. The van der Waals surface area contributed by atoms with E-state index < -0.39 is 0 Å². The normalized spacial score (nSPS) is 12.8. The van der Waals surface area contributed by atoms with Crippen molar-refractivity contribution in [2.24, 2.45) is 10.9 Å². The van der Waals surface area contributed by atoms with Gasteiger partial charge in [0.05, 0.1) is 0 Å². The van der Waals surface area contributed by atoms with Crippen molar-refractivity contribution in [1.29, 1.82) is 0 Å². The fourth-order valence-corrected chi connectivity index (χ4v) is 0.573. The first-order chi connectivity index (χ1) is 4.16. The molecule has 0 bridgehead atoms. The zero-order valence-electron chi connectivity index (χ0n) is 6.32. The number of hydrogen-bond acceptors (Lipinski definition) is 1. The van der Waals surface area contributed by atoms with E-state index in [0.717, 1.165) is 0 Å². The van der Waals surface area contributed by atoms with Gasteiger partial charge in [-0.2, -0.15) is 4.39 Å². The monoisotopic (exact) mass is 131 g/mol. The van der Waals surface area contributed by atoms with E-state index in [1.54, 1.807) is 0 Å². The summed E-state index contributed by atoms with van der Waals surface area (Å²) in [6.07, 6.45) is 0.480. The van der Waals surface area contributed by atoms with E-state index in [1.165, 1.54) is 0 Å². The molecule has 9 heavy (non-hydrogen) atoms. The van der Waals surface area contributed by atoms with Crippen LogP contribution in [0, 0.1) is 5.92 Å². The Bertz CT molecular complexity index is 97.1. The summed E-state index contributed by atoms with van der Waals surface area (Å²) in [5, 5.41) is 0. The number of nitrogens with zero attached hydrogens (tertiary/aromatic N) is 1. The lowest BCUT2D eigenvalue weighted by Crippen LogP contribution is -1.96. The van der Waals surface area contributed by atoms with Crippen LogP contribution in [0.4, 0.5) is 4.39 Å². The molecule has 0 aromatic heterocycles. The molecule has 0 amide bonds. The van der Waals surface area contributed by atoms with Gasteiger partial charge in [-0.05, 0) is 12.8 Å². The predicted molar refractivity (Wildman–Crippen MR) is 38.5 cm³/mol. The van der Waals surface area contributed by atoms with Gasteiger partial charge in [0.25, 0.3) is 0 Å². The number of hydrogen-bond donors (Lipinski definition) is 0. The topological polar surface area (TPSA) is 12.4 Å². The first-order valence-corrected chi connectivity index (χ1v) is 3.35. The van der Waals surface area contributed by atoms with E-state index in [9.17, 15) is 4.39 Å². The summed E-state index contributed by atoms with van der Waals surface area (Å²) in [6, 6.07) is 0. The number of rotatable bonds is 3. The van der Waals surface area contributed by atoms with E-state index >= 15 is 0 Å². The molecule has 0 N–H and O–H groups in total. The standard InChI is InChI=1S/C7H14FN/c1-4-9-7(8)5-6(2)3/h6H,4-5H2,1-3H3. The molecule has 0 fully saturated rings. The molecule has 0 heterocycles. The maximum atomic E-state index is 12.4. The van der Waals surface area contributed by atoms with Crippen LogP contribution in [0.15, 0.2) is 4.99 Å². The van der Waals surface area contributed by atoms with Crippen molar-refractivity contribution in [1.82, 2.24) is 0 Å². The summed E-state index contributed by atoms with van der Waals surface area (Å²) in [5.41, 5.74) is 0. The molecule has 0 aliphatic heterocycles. The highest BCUT2D eigenvalue weighted by atomic mass is 19.1. The molecule has 0 unspecified atom stereocenters. The van der Waals surface area contributed by atoms with Gasteiger partial charge in [-0.25, -0.2) is 0 Å². The highest BCUT2D eigenvalue weighted by Gasteiger charge is 1.98. The highest BCUT2D eigenvalue weighted by Crippen LogP contribution is 2.01. The van der Waals surface area contributed by atoms with E-state index in [-0.39, 0.29) is 5.97 Å². The van der Waals surface area contributed by atoms with Crippen LogP contribution < -0.4 is 0 Å². The first kappa shape index (κ1) is 8.60. The third-order valence-corrected chi connectivity index (χ3v) is 0.906. The van der Waals surface area contributed by atoms with Crippen LogP contribution >= 0.6 is 0 Å². The fourth-order valence-electron chi connectivity index (χ4n) is 0.573. The average Bonchev–Trinajstić information content (AvgIpc) is 1.63. The van der Waals surface area contributed by atoms with Gasteiger partial charge in [0.1, 0.15) is 0 Å². The summed E-state index contributed by atoms with van der Waals surface area (Å²) in [4.78, 5) is 3.61. The lowest BCUT2D eigenvalue weighted by Gasteiger charge is -1.98. The van der Waals surface area contributed by atoms with Gasteiger partial charge in [0, 0.05) is 13.0 Å². The van der Waals surface area contributed by atoms with Crippen LogP contribution in [-0.2, 0) is 0 Å². The molecule has 0 aliphatic rings. The molecule has 0 atom stereocenters. The van der Waals surface area contributed by atoms with Gasteiger partial charge >= 0.3 is 0 Å². The molecular formula is C7H14FN. The Morgan fingerprint density at radius 1 is 1.56 bits per heavy atom. The lowest BCUT2D eigenvalue weighted by molar-refractivity contribution is 0.627. The summed E-state index contributed by atoms with van der Waals surface area (Å²) < 4.78 is 12.4. The summed E-state index contributed by atoms with van der Waals surface area (Å²) >= 11 is 0. The van der Waals surface area contributed by atoms with Crippen molar-refractivity contribution in [2.75, 3.05) is 6.54 Å². The van der Waals surface area contributed by atoms with Crippen molar-refractivity contribution < 1.29 is 4.39 Å². The van der Waals surface area contributed by atoms with Crippen molar-refractivity contribution >= 4 is 5.97 Å². The average molecular weight is 131 g/mol. The molecule has 0 radical (unpaired) electrons. The molecule has 0 aromatic carbocycles. The Morgan fingerprint density at radius 2 is 2.11 bits per heavy atom. The smallest absolute Gasteiger partial charge is 0.184 e. The maximum Gasteiger partial charge on any atom is 0.184 e. The number of halogens is 1. The second-order valence-electron chi connectivity index (χ2n) is 2.45. The number of aliphatic imine (C=N–C) groups is 1. The molecule has 0 aliphatic carbocycles. The maximum absolute atomic E-state index is 12.4. The van der Waals surface area contributed by atoms with Crippen LogP contribution in [0.25, 0.3) is 0 Å². The van der Waals surface area contributed by atoms with E-state index in [4.69, 9.17) is 0 Å². The Morgan fingerprint density at radius 3 is 2.44 bits per heavy atom. The molecule has 0 saturated heterocycles. The van der Waals surface area contributed by atoms with Gasteiger partial charge in [-0.15, -0.1) is 0 Å². The van der Waals surface area contributed by atoms with E-state index in [2.05, 4.69) is 4.99 Å². The highest BCUT2D eigenvalue weighted by molar-refractivity contribution is 5.74. The Kier molecular flexibility index (Phi) is 4.28. The minimum absolute atomic E-state index is 0.215. The van der Waals surface area contributed by atoms with Gasteiger partial charge in [0.2, 0.25) is 0 Å². The Balaban J connectivity index is 3.49. The third kappa shape index (κ3) is 5.47. The molecule has 1 nitrogen and oxygen atoms in total. The first-order valence-electron chi connectivity index (χ1n) is 3.35. The zero-order valence-corrected chi connectivity index (χ0v) is 6.32. The van der Waals surface area contributed by atoms with Crippen LogP contribution in [0.1, 0.15) is 27.2 Å². The lowest BCUT2D eigenvalue weighted by atomic mass is 10.1. The van der Waals surface area contributed by atoms with E-state index in [0.29, 0.717) is 18.9 Å². The Hall–Kier alpha value is -0.400.